The second-order valence-electron chi connectivity index (χ2n) is 5.37. The van der Waals surface area contributed by atoms with Crippen molar-refractivity contribution in [1.82, 2.24) is 0 Å². The lowest BCUT2D eigenvalue weighted by Gasteiger charge is -2.11. The van der Waals surface area contributed by atoms with E-state index in [4.69, 9.17) is 0 Å². The topological polar surface area (TPSA) is 54.5 Å². The summed E-state index contributed by atoms with van der Waals surface area (Å²) in [5, 5.41) is 0. The molecule has 1 aliphatic heterocycles. The van der Waals surface area contributed by atoms with Crippen molar-refractivity contribution in [2.45, 2.75) is 13.8 Å². The van der Waals surface area contributed by atoms with Gasteiger partial charge in [0, 0.05) is 23.6 Å². The number of fused-ring (bicyclic) bond motifs is 1. The molecular formula is C19H15NO3. The fourth-order valence-electron chi connectivity index (χ4n) is 2.81. The number of allylic oxidation sites excluding steroid dienone is 1. The van der Waals surface area contributed by atoms with E-state index in [2.05, 4.69) is 0 Å². The summed E-state index contributed by atoms with van der Waals surface area (Å²) in [7, 11) is 0. The first kappa shape index (κ1) is 14.9. The van der Waals surface area contributed by atoms with Gasteiger partial charge in [0.15, 0.2) is 5.78 Å². The molecule has 0 saturated heterocycles. The normalized spacial score (nSPS) is 15.4. The summed E-state index contributed by atoms with van der Waals surface area (Å²) < 4.78 is 0. The smallest absolute Gasteiger partial charge is 0.266 e. The minimum absolute atomic E-state index is 0.214. The number of rotatable bonds is 2. The highest BCUT2D eigenvalue weighted by molar-refractivity contribution is 6.42. The number of amides is 2. The van der Waals surface area contributed by atoms with Crippen LogP contribution in [-0.2, 0) is 9.59 Å². The van der Waals surface area contributed by atoms with Gasteiger partial charge in [0.25, 0.3) is 5.91 Å². The average Bonchev–Trinajstić information content (AvgIpc) is 2.86. The van der Waals surface area contributed by atoms with E-state index >= 15 is 0 Å². The van der Waals surface area contributed by atoms with E-state index in [1.807, 2.05) is 6.07 Å². The van der Waals surface area contributed by atoms with Crippen molar-refractivity contribution in [2.24, 2.45) is 0 Å². The number of ketones is 1. The standard InChI is InChI=1S/C19H15NO3/c1-12(18(22)14-8-4-3-5-9-14)17-15-10-6-7-11-16(15)20(13(2)21)19(17)23/h3-11H,1-2H3/b17-12-. The lowest BCUT2D eigenvalue weighted by molar-refractivity contribution is -0.122. The molecule has 0 unspecified atom stereocenters. The molecule has 3 rings (SSSR count). The molecule has 0 N–H and O–H groups in total. The van der Waals surface area contributed by atoms with Crippen LogP contribution in [0.15, 0.2) is 60.2 Å². The second kappa shape index (κ2) is 5.65. The maximum atomic E-state index is 12.7. The first-order valence-corrected chi connectivity index (χ1v) is 7.27. The summed E-state index contributed by atoms with van der Waals surface area (Å²) in [6, 6.07) is 15.8. The number of hydrogen-bond acceptors (Lipinski definition) is 3. The molecular weight excluding hydrogens is 290 g/mol. The second-order valence-corrected chi connectivity index (χ2v) is 5.37. The molecule has 2 aromatic carbocycles. The van der Waals surface area contributed by atoms with Crippen molar-refractivity contribution in [3.8, 4) is 0 Å². The third-order valence-corrected chi connectivity index (χ3v) is 3.90. The number of Topliss-reactive ketones (excluding diaryl/α,β-unsaturated/α-hetero) is 1. The molecule has 2 aromatic rings. The van der Waals surface area contributed by atoms with Gasteiger partial charge in [-0.25, -0.2) is 4.90 Å². The van der Waals surface area contributed by atoms with Crippen LogP contribution in [0.2, 0.25) is 0 Å². The molecule has 4 nitrogen and oxygen atoms in total. The third kappa shape index (κ3) is 2.38. The fourth-order valence-corrected chi connectivity index (χ4v) is 2.81. The Morgan fingerprint density at radius 3 is 2.13 bits per heavy atom. The molecule has 0 aliphatic carbocycles. The zero-order valence-corrected chi connectivity index (χ0v) is 12.9. The molecule has 0 bridgehead atoms. The Morgan fingerprint density at radius 1 is 0.870 bits per heavy atom. The van der Waals surface area contributed by atoms with Crippen molar-refractivity contribution >= 4 is 28.9 Å². The van der Waals surface area contributed by atoms with Crippen molar-refractivity contribution in [1.29, 1.82) is 0 Å². The predicted octanol–water partition coefficient (Wildman–Crippen LogP) is 3.24. The lowest BCUT2D eigenvalue weighted by Crippen LogP contribution is -2.31. The number of imide groups is 1. The summed E-state index contributed by atoms with van der Waals surface area (Å²) >= 11 is 0. The van der Waals surface area contributed by atoms with Gasteiger partial charge >= 0.3 is 0 Å². The van der Waals surface area contributed by atoms with Gasteiger partial charge < -0.3 is 0 Å². The maximum absolute atomic E-state index is 12.7. The van der Waals surface area contributed by atoms with Crippen LogP contribution in [0.1, 0.15) is 29.8 Å². The molecule has 2 amide bonds. The zero-order chi connectivity index (χ0) is 16.6. The molecule has 0 fully saturated rings. The van der Waals surface area contributed by atoms with E-state index in [1.54, 1.807) is 55.5 Å². The number of carbonyl (C=O) groups is 3. The van der Waals surface area contributed by atoms with Gasteiger partial charge in [0.2, 0.25) is 5.91 Å². The molecule has 4 heteroatoms. The predicted molar refractivity (Wildman–Crippen MR) is 88.0 cm³/mol. The SMILES string of the molecule is CC(=O)N1C(=O)/C(=C(/C)C(=O)c2ccccc2)c2ccccc21. The van der Waals surface area contributed by atoms with Crippen LogP contribution in [0, 0.1) is 0 Å². The minimum Gasteiger partial charge on any atom is -0.289 e. The Morgan fingerprint density at radius 2 is 1.48 bits per heavy atom. The molecule has 114 valence electrons. The van der Waals surface area contributed by atoms with Crippen LogP contribution in [0.3, 0.4) is 0 Å². The first-order chi connectivity index (χ1) is 11.0. The monoisotopic (exact) mass is 305 g/mol. The Balaban J connectivity index is 2.17. The largest absolute Gasteiger partial charge is 0.289 e. The quantitative estimate of drug-likeness (QED) is 0.632. The average molecular weight is 305 g/mol. The summed E-state index contributed by atoms with van der Waals surface area (Å²) in [4.78, 5) is 38.3. The van der Waals surface area contributed by atoms with Crippen LogP contribution in [-0.4, -0.2) is 17.6 Å². The molecule has 0 saturated carbocycles. The maximum Gasteiger partial charge on any atom is 0.266 e. The first-order valence-electron chi connectivity index (χ1n) is 7.27. The van der Waals surface area contributed by atoms with Gasteiger partial charge in [-0.3, -0.25) is 14.4 Å². The highest BCUT2D eigenvalue weighted by Crippen LogP contribution is 2.38. The van der Waals surface area contributed by atoms with Gasteiger partial charge in [-0.2, -0.15) is 0 Å². The van der Waals surface area contributed by atoms with Crippen LogP contribution in [0.4, 0.5) is 5.69 Å². The summed E-state index contributed by atoms with van der Waals surface area (Å²) in [5.41, 5.74) is 2.31. The summed E-state index contributed by atoms with van der Waals surface area (Å²) in [6.07, 6.45) is 0. The minimum atomic E-state index is -0.444. The molecule has 1 aliphatic rings. The van der Waals surface area contributed by atoms with E-state index in [0.717, 1.165) is 4.90 Å². The summed E-state index contributed by atoms with van der Waals surface area (Å²) in [5.74, 6) is -1.02. The number of carbonyl (C=O) groups excluding carboxylic acids is 3. The van der Waals surface area contributed by atoms with Gasteiger partial charge in [0.1, 0.15) is 0 Å². The molecule has 0 spiro atoms. The number of hydrogen-bond donors (Lipinski definition) is 0. The number of nitrogens with zero attached hydrogens (tertiary/aromatic N) is 1. The number of para-hydroxylation sites is 1. The van der Waals surface area contributed by atoms with E-state index in [-0.39, 0.29) is 11.7 Å². The zero-order valence-electron chi connectivity index (χ0n) is 12.9. The van der Waals surface area contributed by atoms with E-state index in [0.29, 0.717) is 28.0 Å². The van der Waals surface area contributed by atoms with Crippen LogP contribution < -0.4 is 4.90 Å². The molecule has 0 atom stereocenters. The van der Waals surface area contributed by atoms with Crippen molar-refractivity contribution in [3.05, 3.63) is 71.3 Å². The molecule has 1 heterocycles. The van der Waals surface area contributed by atoms with E-state index in [1.165, 1.54) is 6.92 Å². The molecule has 23 heavy (non-hydrogen) atoms. The fraction of sp³-hybridized carbons (Fsp3) is 0.105. The Bertz CT molecular complexity index is 850. The van der Waals surface area contributed by atoms with Gasteiger partial charge in [0.05, 0.1) is 11.3 Å². The van der Waals surface area contributed by atoms with Crippen LogP contribution >= 0.6 is 0 Å². The van der Waals surface area contributed by atoms with Crippen LogP contribution in [0.5, 0.6) is 0 Å². The highest BCUT2D eigenvalue weighted by Gasteiger charge is 2.37. The van der Waals surface area contributed by atoms with Gasteiger partial charge in [-0.1, -0.05) is 48.5 Å². The Hall–Kier alpha value is -3.01. The van der Waals surface area contributed by atoms with Crippen molar-refractivity contribution in [3.63, 3.8) is 0 Å². The van der Waals surface area contributed by atoms with Gasteiger partial charge in [-0.15, -0.1) is 0 Å². The number of anilines is 1. The number of benzene rings is 2. The van der Waals surface area contributed by atoms with E-state index in [9.17, 15) is 14.4 Å². The van der Waals surface area contributed by atoms with Crippen LogP contribution in [0.25, 0.3) is 5.57 Å². The highest BCUT2D eigenvalue weighted by atomic mass is 16.2. The molecule has 0 radical (unpaired) electrons. The molecule has 0 aromatic heterocycles. The van der Waals surface area contributed by atoms with Crippen molar-refractivity contribution in [2.75, 3.05) is 4.90 Å². The lowest BCUT2D eigenvalue weighted by atomic mass is 9.96. The summed E-state index contributed by atoms with van der Waals surface area (Å²) in [6.45, 7) is 2.97. The van der Waals surface area contributed by atoms with Gasteiger partial charge in [-0.05, 0) is 13.0 Å². The Labute approximate surface area is 134 Å². The third-order valence-electron chi connectivity index (χ3n) is 3.90. The van der Waals surface area contributed by atoms with Crippen molar-refractivity contribution < 1.29 is 14.4 Å². The Kier molecular flexibility index (Phi) is 3.66. The van der Waals surface area contributed by atoms with E-state index < -0.39 is 5.91 Å².